The average molecular weight is 375 g/mol. The molecule has 1 fully saturated rings. The van der Waals surface area contributed by atoms with Crippen LogP contribution in [-0.4, -0.2) is 40.1 Å². The Labute approximate surface area is 160 Å². The molecule has 1 aliphatic rings. The lowest BCUT2D eigenvalue weighted by Gasteiger charge is -2.38. The summed E-state index contributed by atoms with van der Waals surface area (Å²) < 4.78 is 10.8. The number of rotatable bonds is 2. The molecule has 2 atom stereocenters. The summed E-state index contributed by atoms with van der Waals surface area (Å²) in [4.78, 5) is 39.1. The van der Waals surface area contributed by atoms with Gasteiger partial charge in [-0.3, -0.25) is 4.79 Å². The van der Waals surface area contributed by atoms with Crippen molar-refractivity contribution in [2.45, 2.75) is 77.5 Å². The van der Waals surface area contributed by atoms with Crippen LogP contribution in [0.25, 0.3) is 0 Å². The molecule has 0 aromatic heterocycles. The number of amides is 2. The largest absolute Gasteiger partial charge is 0.458 e. The molecular weight excluding hydrogens is 346 g/mol. The molecule has 1 saturated heterocycles. The summed E-state index contributed by atoms with van der Waals surface area (Å²) in [5.74, 6) is -1.18. The molecule has 2 rings (SSSR count). The van der Waals surface area contributed by atoms with Crippen LogP contribution in [-0.2, 0) is 19.1 Å². The van der Waals surface area contributed by atoms with Gasteiger partial charge in [0.2, 0.25) is 5.91 Å². The van der Waals surface area contributed by atoms with Crippen LogP contribution in [0.3, 0.4) is 0 Å². The van der Waals surface area contributed by atoms with Crippen LogP contribution >= 0.6 is 0 Å². The van der Waals surface area contributed by atoms with Crippen molar-refractivity contribution >= 4 is 18.0 Å². The van der Waals surface area contributed by atoms with Crippen molar-refractivity contribution < 1.29 is 23.9 Å². The molecule has 6 nitrogen and oxygen atoms in total. The Morgan fingerprint density at radius 3 is 2.04 bits per heavy atom. The standard InChI is InChI=1S/C21H29NO5/c1-20(2,3)26-18(24)16-12-15(14-10-8-7-9-11-14)13-17(23)22(16)19(25)27-21(4,5)6/h7-11,15-16H,12-13H2,1-6H3/t15-,16-/m1/s1. The van der Waals surface area contributed by atoms with Crippen molar-refractivity contribution in [2.24, 2.45) is 0 Å². The van der Waals surface area contributed by atoms with Gasteiger partial charge in [0.25, 0.3) is 0 Å². The first-order valence-electron chi connectivity index (χ1n) is 9.20. The highest BCUT2D eigenvalue weighted by molar-refractivity contribution is 5.98. The zero-order valence-electron chi connectivity index (χ0n) is 16.9. The average Bonchev–Trinajstić information content (AvgIpc) is 2.51. The molecule has 0 unspecified atom stereocenters. The summed E-state index contributed by atoms with van der Waals surface area (Å²) in [6, 6.07) is 8.52. The number of esters is 1. The summed E-state index contributed by atoms with van der Waals surface area (Å²) in [6.07, 6.45) is -0.359. The first-order chi connectivity index (χ1) is 12.4. The summed E-state index contributed by atoms with van der Waals surface area (Å²) >= 11 is 0. The third-order valence-corrected chi connectivity index (χ3v) is 4.05. The Kier molecular flexibility index (Phi) is 5.97. The number of piperidine rings is 1. The topological polar surface area (TPSA) is 72.9 Å². The van der Waals surface area contributed by atoms with Gasteiger partial charge in [-0.05, 0) is 59.4 Å². The van der Waals surface area contributed by atoms with E-state index in [0.717, 1.165) is 10.5 Å². The maximum atomic E-state index is 12.8. The Bertz CT molecular complexity index is 700. The Balaban J connectivity index is 2.32. The van der Waals surface area contributed by atoms with Crippen LogP contribution in [0.15, 0.2) is 30.3 Å². The maximum absolute atomic E-state index is 12.8. The quantitative estimate of drug-likeness (QED) is 0.730. The fourth-order valence-corrected chi connectivity index (χ4v) is 3.03. The normalized spacial score (nSPS) is 21.0. The second kappa shape index (κ2) is 7.71. The fraction of sp³-hybridized carbons (Fsp3) is 0.571. The zero-order chi connectivity index (χ0) is 20.4. The third kappa shape index (κ3) is 5.81. The first-order valence-corrected chi connectivity index (χ1v) is 9.20. The predicted octanol–water partition coefficient (Wildman–Crippen LogP) is 4.04. The minimum Gasteiger partial charge on any atom is -0.458 e. The van der Waals surface area contributed by atoms with Gasteiger partial charge in [-0.1, -0.05) is 30.3 Å². The number of imide groups is 1. The molecule has 1 aromatic rings. The van der Waals surface area contributed by atoms with E-state index in [-0.39, 0.29) is 12.3 Å². The second-order valence-electron chi connectivity index (χ2n) is 8.84. The van der Waals surface area contributed by atoms with Gasteiger partial charge in [0, 0.05) is 6.42 Å². The van der Waals surface area contributed by atoms with Crippen molar-refractivity contribution in [1.29, 1.82) is 0 Å². The number of hydrogen-bond donors (Lipinski definition) is 0. The van der Waals surface area contributed by atoms with E-state index in [4.69, 9.17) is 9.47 Å². The van der Waals surface area contributed by atoms with Crippen LogP contribution in [0.5, 0.6) is 0 Å². The smallest absolute Gasteiger partial charge is 0.417 e. The number of hydrogen-bond acceptors (Lipinski definition) is 5. The molecule has 0 spiro atoms. The molecule has 0 saturated carbocycles. The minimum atomic E-state index is -1.01. The van der Waals surface area contributed by atoms with E-state index >= 15 is 0 Å². The molecule has 1 aromatic carbocycles. The summed E-state index contributed by atoms with van der Waals surface area (Å²) in [5.41, 5.74) is -0.533. The van der Waals surface area contributed by atoms with Gasteiger partial charge >= 0.3 is 12.1 Å². The van der Waals surface area contributed by atoms with Gasteiger partial charge in [-0.15, -0.1) is 0 Å². The molecular formula is C21H29NO5. The Morgan fingerprint density at radius 2 is 1.52 bits per heavy atom. The molecule has 1 aliphatic heterocycles. The monoisotopic (exact) mass is 375 g/mol. The van der Waals surface area contributed by atoms with E-state index in [0.29, 0.717) is 6.42 Å². The highest BCUT2D eigenvalue weighted by atomic mass is 16.6. The van der Waals surface area contributed by atoms with E-state index in [1.54, 1.807) is 41.5 Å². The van der Waals surface area contributed by atoms with Crippen LogP contribution in [0.4, 0.5) is 4.79 Å². The zero-order valence-corrected chi connectivity index (χ0v) is 16.9. The number of benzene rings is 1. The molecule has 148 valence electrons. The van der Waals surface area contributed by atoms with Crippen LogP contribution in [0.1, 0.15) is 65.9 Å². The van der Waals surface area contributed by atoms with E-state index in [2.05, 4.69) is 0 Å². The van der Waals surface area contributed by atoms with Gasteiger partial charge in [-0.2, -0.15) is 0 Å². The van der Waals surface area contributed by atoms with Gasteiger partial charge in [0.05, 0.1) is 0 Å². The number of ether oxygens (including phenoxy) is 2. The van der Waals surface area contributed by atoms with Gasteiger partial charge in [0.1, 0.15) is 17.2 Å². The number of carbonyl (C=O) groups excluding carboxylic acids is 3. The lowest BCUT2D eigenvalue weighted by atomic mass is 9.85. The molecule has 0 bridgehead atoms. The van der Waals surface area contributed by atoms with E-state index in [1.807, 2.05) is 30.3 Å². The number of likely N-dealkylation sites (tertiary alicyclic amines) is 1. The number of nitrogens with zero attached hydrogens (tertiary/aromatic N) is 1. The highest BCUT2D eigenvalue weighted by Gasteiger charge is 2.45. The van der Waals surface area contributed by atoms with Crippen LogP contribution in [0.2, 0.25) is 0 Å². The molecule has 1 heterocycles. The van der Waals surface area contributed by atoms with Crippen molar-refractivity contribution in [1.82, 2.24) is 4.90 Å². The van der Waals surface area contributed by atoms with Crippen molar-refractivity contribution in [3.8, 4) is 0 Å². The predicted molar refractivity (Wildman–Crippen MR) is 101 cm³/mol. The molecule has 2 amide bonds. The van der Waals surface area contributed by atoms with E-state index < -0.39 is 35.2 Å². The van der Waals surface area contributed by atoms with Crippen molar-refractivity contribution in [3.05, 3.63) is 35.9 Å². The SMILES string of the molecule is CC(C)(C)OC(=O)[C@H]1C[C@@H](c2ccccc2)CC(=O)N1C(=O)OC(C)(C)C. The van der Waals surface area contributed by atoms with Gasteiger partial charge < -0.3 is 9.47 Å². The van der Waals surface area contributed by atoms with Crippen molar-refractivity contribution in [3.63, 3.8) is 0 Å². The number of carbonyl (C=O) groups is 3. The Hall–Kier alpha value is -2.37. The lowest BCUT2D eigenvalue weighted by Crippen LogP contribution is -2.55. The summed E-state index contributed by atoms with van der Waals surface area (Å²) in [6.45, 7) is 10.4. The maximum Gasteiger partial charge on any atom is 0.417 e. The van der Waals surface area contributed by atoms with Crippen LogP contribution in [0, 0.1) is 0 Å². The lowest BCUT2D eigenvalue weighted by molar-refractivity contribution is -0.166. The molecule has 0 radical (unpaired) electrons. The summed E-state index contributed by atoms with van der Waals surface area (Å²) in [5, 5.41) is 0. The van der Waals surface area contributed by atoms with Crippen molar-refractivity contribution in [2.75, 3.05) is 0 Å². The second-order valence-corrected chi connectivity index (χ2v) is 8.84. The third-order valence-electron chi connectivity index (χ3n) is 4.05. The summed E-state index contributed by atoms with van der Waals surface area (Å²) in [7, 11) is 0. The molecule has 6 heteroatoms. The molecule has 27 heavy (non-hydrogen) atoms. The first kappa shape index (κ1) is 20.9. The fourth-order valence-electron chi connectivity index (χ4n) is 3.03. The van der Waals surface area contributed by atoms with Gasteiger partial charge in [0.15, 0.2) is 0 Å². The van der Waals surface area contributed by atoms with E-state index in [9.17, 15) is 14.4 Å². The Morgan fingerprint density at radius 1 is 0.963 bits per heavy atom. The van der Waals surface area contributed by atoms with E-state index in [1.165, 1.54) is 0 Å². The van der Waals surface area contributed by atoms with Crippen LogP contribution < -0.4 is 0 Å². The van der Waals surface area contributed by atoms with Gasteiger partial charge in [-0.25, -0.2) is 14.5 Å². The minimum absolute atomic E-state index is 0.141. The highest BCUT2D eigenvalue weighted by Crippen LogP contribution is 2.34. The molecule has 0 N–H and O–H groups in total. The molecule has 0 aliphatic carbocycles.